The van der Waals surface area contributed by atoms with Gasteiger partial charge in [0.1, 0.15) is 0 Å². The second kappa shape index (κ2) is 12.1. The molecule has 0 bridgehead atoms. The van der Waals surface area contributed by atoms with Gasteiger partial charge in [-0.15, -0.1) is 5.01 Å². The summed E-state index contributed by atoms with van der Waals surface area (Å²) in [5.41, 5.74) is 9.65. The summed E-state index contributed by atoms with van der Waals surface area (Å²) < 4.78 is 5.52. The van der Waals surface area contributed by atoms with Gasteiger partial charge in [-0.05, 0) is 24.7 Å². The van der Waals surface area contributed by atoms with Crippen molar-refractivity contribution in [1.29, 1.82) is 0 Å². The molecule has 6 rings (SSSR count). The summed E-state index contributed by atoms with van der Waals surface area (Å²) in [6, 6.07) is 7.54. The van der Waals surface area contributed by atoms with Gasteiger partial charge in [-0.1, -0.05) is 12.1 Å². The Kier molecular flexibility index (Phi) is 8.13. The minimum Gasteiger partial charge on any atom is -0.587 e. The standard InChI is InChI=1S/C28H37N11O3/c1-34-9-11-36(12-10-34)26(40)21-5-3-20(4-6-21)19-35(2)39(41)38-8-7-23-24(22-17-30-27(29)31-18-22)32-28(33-25(23)38)37-13-15-42-16-14-37/h3-6,17-18,39H,7-16,19H2,1-2H3,(H2,29,30,31). The first-order valence-corrected chi connectivity index (χ1v) is 14.3. The van der Waals surface area contributed by atoms with E-state index < -0.39 is 0 Å². The summed E-state index contributed by atoms with van der Waals surface area (Å²) in [7, 11) is 3.85. The van der Waals surface area contributed by atoms with E-state index in [4.69, 9.17) is 20.4 Å². The topological polar surface area (TPSA) is 148 Å². The molecule has 1 atom stereocenters. The van der Waals surface area contributed by atoms with Gasteiger partial charge in [-0.3, -0.25) is 4.79 Å². The van der Waals surface area contributed by atoms with Gasteiger partial charge in [0.05, 0.1) is 32.0 Å². The second-order valence-electron chi connectivity index (χ2n) is 10.9. The maximum Gasteiger partial charge on any atom is 0.253 e. The summed E-state index contributed by atoms with van der Waals surface area (Å²) in [4.78, 5) is 37.2. The molecule has 3 aromatic rings. The van der Waals surface area contributed by atoms with Crippen molar-refractivity contribution in [3.63, 3.8) is 0 Å². The van der Waals surface area contributed by atoms with Crippen LogP contribution in [0.25, 0.3) is 11.3 Å². The van der Waals surface area contributed by atoms with Crippen LogP contribution >= 0.6 is 0 Å². The van der Waals surface area contributed by atoms with E-state index in [1.165, 1.54) is 0 Å². The number of hydrogen-bond donors (Lipinski definition) is 2. The Labute approximate surface area is 244 Å². The lowest BCUT2D eigenvalue weighted by molar-refractivity contribution is -0.979. The van der Waals surface area contributed by atoms with E-state index in [0.717, 1.165) is 42.9 Å². The molecule has 3 N–H and O–H groups in total. The molecule has 0 spiro atoms. The van der Waals surface area contributed by atoms with Crippen LogP contribution in [0.1, 0.15) is 21.5 Å². The highest BCUT2D eigenvalue weighted by Gasteiger charge is 2.33. The molecule has 2 aromatic heterocycles. The van der Waals surface area contributed by atoms with Gasteiger partial charge in [0.2, 0.25) is 11.9 Å². The lowest BCUT2D eigenvalue weighted by Crippen LogP contribution is -3.20. The monoisotopic (exact) mass is 575 g/mol. The number of aromatic nitrogens is 4. The molecule has 42 heavy (non-hydrogen) atoms. The quantitative estimate of drug-likeness (QED) is 0.348. The van der Waals surface area contributed by atoms with E-state index >= 15 is 0 Å². The maximum absolute atomic E-state index is 13.8. The van der Waals surface area contributed by atoms with Crippen molar-refractivity contribution in [2.75, 3.05) is 88.8 Å². The molecule has 1 amide bonds. The molecule has 2 saturated heterocycles. The van der Waals surface area contributed by atoms with Crippen molar-refractivity contribution in [1.82, 2.24) is 34.7 Å². The van der Waals surface area contributed by atoms with Crippen LogP contribution in [0.5, 0.6) is 0 Å². The first kappa shape index (κ1) is 28.2. The van der Waals surface area contributed by atoms with Gasteiger partial charge in [0.25, 0.3) is 5.91 Å². The number of fused-ring (bicyclic) bond motifs is 1. The van der Waals surface area contributed by atoms with Crippen LogP contribution < -0.4 is 20.9 Å². The molecule has 0 aliphatic carbocycles. The highest BCUT2D eigenvalue weighted by molar-refractivity contribution is 5.94. The molecule has 14 nitrogen and oxygen atoms in total. The lowest BCUT2D eigenvalue weighted by atomic mass is 10.1. The molecule has 1 unspecified atom stereocenters. The van der Waals surface area contributed by atoms with Gasteiger partial charge in [-0.25, -0.2) is 15.0 Å². The van der Waals surface area contributed by atoms with E-state index in [9.17, 15) is 10.0 Å². The molecule has 1 aromatic carbocycles. The highest BCUT2D eigenvalue weighted by atomic mass is 16.6. The van der Waals surface area contributed by atoms with Gasteiger partial charge < -0.3 is 30.4 Å². The number of nitrogens with one attached hydrogen (secondary N) is 1. The summed E-state index contributed by atoms with van der Waals surface area (Å²) >= 11 is 0. The number of nitrogen functional groups attached to an aromatic ring is 1. The van der Waals surface area contributed by atoms with Gasteiger partial charge >= 0.3 is 0 Å². The smallest absolute Gasteiger partial charge is 0.253 e. The number of anilines is 3. The van der Waals surface area contributed by atoms with E-state index in [2.05, 4.69) is 26.8 Å². The number of piperazine rings is 1. The zero-order valence-electron chi connectivity index (χ0n) is 24.1. The van der Waals surface area contributed by atoms with Crippen LogP contribution in [0.3, 0.4) is 0 Å². The predicted molar refractivity (Wildman–Crippen MR) is 157 cm³/mol. The van der Waals surface area contributed by atoms with Crippen LogP contribution in [-0.4, -0.2) is 114 Å². The van der Waals surface area contributed by atoms with E-state index in [-0.39, 0.29) is 17.1 Å². The first-order chi connectivity index (χ1) is 20.4. The summed E-state index contributed by atoms with van der Waals surface area (Å²) in [5.74, 6) is 1.38. The molecular formula is C28H37N11O3. The fourth-order valence-electron chi connectivity index (χ4n) is 5.53. The number of benzene rings is 1. The molecule has 222 valence electrons. The molecule has 3 aliphatic heterocycles. The van der Waals surface area contributed by atoms with Gasteiger partial charge in [0.15, 0.2) is 5.82 Å². The van der Waals surface area contributed by atoms with Crippen LogP contribution in [0.4, 0.5) is 17.7 Å². The number of nitrogens with zero attached hydrogens (tertiary/aromatic N) is 9. The number of carbonyl (C=O) groups is 1. The Morgan fingerprint density at radius 1 is 1.02 bits per heavy atom. The zero-order chi connectivity index (χ0) is 29.2. The molecule has 5 heterocycles. The van der Waals surface area contributed by atoms with Crippen LogP contribution in [0.2, 0.25) is 0 Å². The minimum atomic E-state index is -0.155. The molecule has 0 saturated carbocycles. The molecular weight excluding hydrogens is 538 g/mol. The normalized spacial score (nSPS) is 18.4. The Morgan fingerprint density at radius 3 is 2.40 bits per heavy atom. The molecule has 2 fully saturated rings. The Balaban J connectivity index is 1.20. The average Bonchev–Trinajstić information content (AvgIpc) is 3.45. The van der Waals surface area contributed by atoms with E-state index in [0.29, 0.717) is 68.8 Å². The number of morpholine rings is 1. The molecule has 14 heteroatoms. The van der Waals surface area contributed by atoms with Crippen molar-refractivity contribution in [3.05, 3.63) is 58.6 Å². The number of ether oxygens (including phenoxy) is 1. The van der Waals surface area contributed by atoms with Crippen LogP contribution in [0.15, 0.2) is 36.7 Å². The number of quaternary nitrogens is 1. The Hall–Kier alpha value is -3.95. The summed E-state index contributed by atoms with van der Waals surface area (Å²) in [6.07, 6.45) is 3.92. The van der Waals surface area contributed by atoms with E-state index in [1.54, 1.807) is 29.5 Å². The fourth-order valence-corrected chi connectivity index (χ4v) is 5.53. The minimum absolute atomic E-state index is 0.0471. The SMILES string of the molecule is CN1CCN(C(=O)c2ccc(CN(C)[NH+]([O-])N3CCc4c(-c5cnc(N)nc5)nc(N5CCOCC5)nc43)cc2)CC1. The number of likely N-dealkylation sites (N-methyl/N-ethyl adjacent to an activating group) is 1. The number of nitrogens with two attached hydrogens (primary N) is 1. The lowest BCUT2D eigenvalue weighted by Gasteiger charge is -2.37. The highest BCUT2D eigenvalue weighted by Crippen LogP contribution is 2.34. The van der Waals surface area contributed by atoms with Gasteiger partial charge in [0, 0.05) is 81.8 Å². The Bertz CT molecular complexity index is 1390. The number of amides is 1. The fraction of sp³-hybridized carbons (Fsp3) is 0.464. The Morgan fingerprint density at radius 2 is 1.71 bits per heavy atom. The number of hydrogen-bond acceptors (Lipinski definition) is 12. The van der Waals surface area contributed by atoms with Crippen molar-refractivity contribution in [2.24, 2.45) is 0 Å². The predicted octanol–water partition coefficient (Wildman–Crippen LogP) is -0.553. The van der Waals surface area contributed by atoms with Gasteiger partial charge in [-0.2, -0.15) is 15.3 Å². The third-order valence-electron chi connectivity index (χ3n) is 8.02. The van der Waals surface area contributed by atoms with Crippen molar-refractivity contribution >= 4 is 23.6 Å². The van der Waals surface area contributed by atoms with Crippen molar-refractivity contribution < 1.29 is 14.8 Å². The summed E-state index contributed by atoms with van der Waals surface area (Å²) in [5, 5.41) is 17.0. The number of carbonyl (C=O) groups excluding carboxylic acids is 1. The van der Waals surface area contributed by atoms with Crippen molar-refractivity contribution in [3.8, 4) is 11.3 Å². The number of rotatable bonds is 7. The van der Waals surface area contributed by atoms with Crippen LogP contribution in [-0.2, 0) is 17.7 Å². The second-order valence-corrected chi connectivity index (χ2v) is 10.9. The van der Waals surface area contributed by atoms with Crippen LogP contribution in [0, 0.1) is 5.21 Å². The van der Waals surface area contributed by atoms with Crippen molar-refractivity contribution in [2.45, 2.75) is 13.0 Å². The third kappa shape index (κ3) is 5.84. The van der Waals surface area contributed by atoms with E-state index in [1.807, 2.05) is 29.2 Å². The zero-order valence-corrected chi connectivity index (χ0v) is 24.1. The average molecular weight is 576 g/mol. The molecule has 3 aliphatic rings. The largest absolute Gasteiger partial charge is 0.587 e. The first-order valence-electron chi connectivity index (χ1n) is 14.3. The summed E-state index contributed by atoms with van der Waals surface area (Å²) in [6.45, 7) is 6.61. The third-order valence-corrected chi connectivity index (χ3v) is 8.02. The molecule has 0 radical (unpaired) electrons. The maximum atomic E-state index is 13.8.